The molecule has 1 aliphatic rings. The molecular formula is C17H17NO4S. The SMILES string of the molecule is COC(=O)c1ccc(C(=O)NCC2COc3ccccc3C2)s1. The van der Waals surface area contributed by atoms with Gasteiger partial charge in [-0.05, 0) is 30.2 Å². The minimum absolute atomic E-state index is 0.177. The summed E-state index contributed by atoms with van der Waals surface area (Å²) in [6, 6.07) is 11.2. The predicted molar refractivity (Wildman–Crippen MR) is 87.1 cm³/mol. The normalized spacial score (nSPS) is 16.1. The number of hydrogen-bond acceptors (Lipinski definition) is 5. The fourth-order valence-corrected chi connectivity index (χ4v) is 3.36. The lowest BCUT2D eigenvalue weighted by Crippen LogP contribution is -2.34. The topological polar surface area (TPSA) is 64.6 Å². The summed E-state index contributed by atoms with van der Waals surface area (Å²) in [5.41, 5.74) is 1.17. The van der Waals surface area contributed by atoms with E-state index < -0.39 is 5.97 Å². The van der Waals surface area contributed by atoms with Gasteiger partial charge in [-0.1, -0.05) is 18.2 Å². The third-order valence-electron chi connectivity index (χ3n) is 3.72. The van der Waals surface area contributed by atoms with E-state index in [1.807, 2.05) is 24.3 Å². The van der Waals surface area contributed by atoms with Crippen LogP contribution < -0.4 is 10.1 Å². The van der Waals surface area contributed by atoms with Crippen molar-refractivity contribution in [3.05, 3.63) is 51.7 Å². The Morgan fingerprint density at radius 3 is 2.87 bits per heavy atom. The van der Waals surface area contributed by atoms with Gasteiger partial charge < -0.3 is 14.8 Å². The number of ether oxygens (including phenoxy) is 2. The first kappa shape index (κ1) is 15.6. The molecular weight excluding hydrogens is 314 g/mol. The van der Waals surface area contributed by atoms with Gasteiger partial charge in [-0.2, -0.15) is 0 Å². The molecule has 0 bridgehead atoms. The Morgan fingerprint density at radius 1 is 1.26 bits per heavy atom. The molecule has 0 aliphatic carbocycles. The third-order valence-corrected chi connectivity index (χ3v) is 4.79. The molecule has 2 aromatic rings. The summed E-state index contributed by atoms with van der Waals surface area (Å²) in [7, 11) is 1.32. The Hall–Kier alpha value is -2.34. The van der Waals surface area contributed by atoms with Crippen LogP contribution in [0.25, 0.3) is 0 Å². The number of hydrogen-bond donors (Lipinski definition) is 1. The van der Waals surface area contributed by atoms with Crippen LogP contribution in [0.15, 0.2) is 36.4 Å². The molecule has 0 saturated heterocycles. The molecule has 2 heterocycles. The van der Waals surface area contributed by atoms with E-state index in [1.54, 1.807) is 12.1 Å². The van der Waals surface area contributed by atoms with Crippen LogP contribution in [0, 0.1) is 5.92 Å². The quantitative estimate of drug-likeness (QED) is 0.875. The molecule has 0 spiro atoms. The van der Waals surface area contributed by atoms with Gasteiger partial charge in [0.15, 0.2) is 0 Å². The highest BCUT2D eigenvalue weighted by molar-refractivity contribution is 7.15. The lowest BCUT2D eigenvalue weighted by Gasteiger charge is -2.25. The van der Waals surface area contributed by atoms with E-state index in [4.69, 9.17) is 4.74 Å². The van der Waals surface area contributed by atoms with Gasteiger partial charge in [0.05, 0.1) is 18.6 Å². The van der Waals surface area contributed by atoms with Crippen LogP contribution in [-0.2, 0) is 11.2 Å². The standard InChI is InChI=1S/C17H17NO4S/c1-21-17(20)15-7-6-14(23-15)16(19)18-9-11-8-12-4-2-3-5-13(12)22-10-11/h2-7,11H,8-10H2,1H3,(H,18,19). The average molecular weight is 331 g/mol. The Labute approximate surface area is 138 Å². The fraction of sp³-hybridized carbons (Fsp3) is 0.294. The molecule has 0 saturated carbocycles. The van der Waals surface area contributed by atoms with Crippen molar-refractivity contribution in [2.45, 2.75) is 6.42 Å². The molecule has 5 nitrogen and oxygen atoms in total. The molecule has 6 heteroatoms. The largest absolute Gasteiger partial charge is 0.493 e. The van der Waals surface area contributed by atoms with Gasteiger partial charge in [-0.15, -0.1) is 11.3 Å². The number of esters is 1. The Balaban J connectivity index is 1.55. The van der Waals surface area contributed by atoms with E-state index in [-0.39, 0.29) is 11.8 Å². The summed E-state index contributed by atoms with van der Waals surface area (Å²) in [4.78, 5) is 24.5. The minimum atomic E-state index is -0.425. The number of nitrogens with one attached hydrogen (secondary N) is 1. The first-order chi connectivity index (χ1) is 11.2. The zero-order chi connectivity index (χ0) is 16.2. The summed E-state index contributed by atoms with van der Waals surface area (Å²) in [6.45, 7) is 1.13. The summed E-state index contributed by atoms with van der Waals surface area (Å²) >= 11 is 1.13. The fourth-order valence-electron chi connectivity index (χ4n) is 2.52. The number of thiophene rings is 1. The van der Waals surface area contributed by atoms with Crippen molar-refractivity contribution in [3.8, 4) is 5.75 Å². The second kappa shape index (κ2) is 6.83. The first-order valence-corrected chi connectivity index (χ1v) is 8.16. The maximum Gasteiger partial charge on any atom is 0.348 e. The number of benzene rings is 1. The van der Waals surface area contributed by atoms with Crippen molar-refractivity contribution in [3.63, 3.8) is 0 Å². The van der Waals surface area contributed by atoms with Gasteiger partial charge in [-0.25, -0.2) is 4.79 Å². The number of fused-ring (bicyclic) bond motifs is 1. The second-order valence-corrected chi connectivity index (χ2v) is 6.44. The minimum Gasteiger partial charge on any atom is -0.493 e. The van der Waals surface area contributed by atoms with E-state index in [2.05, 4.69) is 10.1 Å². The summed E-state index contributed by atoms with van der Waals surface area (Å²) < 4.78 is 10.4. The van der Waals surface area contributed by atoms with Crippen molar-refractivity contribution >= 4 is 23.2 Å². The van der Waals surface area contributed by atoms with Crippen LogP contribution >= 0.6 is 11.3 Å². The van der Waals surface area contributed by atoms with Gasteiger partial charge in [0.2, 0.25) is 0 Å². The monoisotopic (exact) mass is 331 g/mol. The van der Waals surface area contributed by atoms with Crippen LogP contribution in [0.3, 0.4) is 0 Å². The Bertz CT molecular complexity index is 725. The van der Waals surface area contributed by atoms with Crippen LogP contribution in [0.2, 0.25) is 0 Å². The Kier molecular flexibility index (Phi) is 4.62. The predicted octanol–water partition coefficient (Wildman–Crippen LogP) is 2.52. The van der Waals surface area contributed by atoms with Crippen LogP contribution in [0.4, 0.5) is 0 Å². The molecule has 23 heavy (non-hydrogen) atoms. The molecule has 1 aliphatic heterocycles. The van der Waals surface area contributed by atoms with Crippen LogP contribution in [-0.4, -0.2) is 32.1 Å². The lowest BCUT2D eigenvalue weighted by atomic mass is 9.97. The number of para-hydroxylation sites is 1. The zero-order valence-electron chi connectivity index (χ0n) is 12.7. The molecule has 1 aromatic heterocycles. The van der Waals surface area contributed by atoms with Gasteiger partial charge >= 0.3 is 5.97 Å². The number of carbonyl (C=O) groups excluding carboxylic acids is 2. The van der Waals surface area contributed by atoms with Crippen molar-refractivity contribution in [1.82, 2.24) is 5.32 Å². The van der Waals surface area contributed by atoms with Gasteiger partial charge in [-0.3, -0.25) is 4.79 Å². The van der Waals surface area contributed by atoms with E-state index in [0.29, 0.717) is 22.9 Å². The highest BCUT2D eigenvalue weighted by Gasteiger charge is 2.21. The Morgan fingerprint density at radius 2 is 2.04 bits per heavy atom. The van der Waals surface area contributed by atoms with Gasteiger partial charge in [0.1, 0.15) is 10.6 Å². The van der Waals surface area contributed by atoms with E-state index in [9.17, 15) is 9.59 Å². The molecule has 1 N–H and O–H groups in total. The highest BCUT2D eigenvalue weighted by atomic mass is 32.1. The first-order valence-electron chi connectivity index (χ1n) is 7.34. The molecule has 0 fully saturated rings. The number of rotatable bonds is 4. The van der Waals surface area contributed by atoms with Crippen molar-refractivity contribution in [2.75, 3.05) is 20.3 Å². The maximum absolute atomic E-state index is 12.2. The van der Waals surface area contributed by atoms with Crippen molar-refractivity contribution in [2.24, 2.45) is 5.92 Å². The summed E-state index contributed by atoms with van der Waals surface area (Å²) in [5, 5.41) is 2.91. The molecule has 1 amide bonds. The number of amides is 1. The van der Waals surface area contributed by atoms with Gasteiger partial charge in [0, 0.05) is 12.5 Å². The average Bonchev–Trinajstić information content (AvgIpc) is 3.09. The van der Waals surface area contributed by atoms with Gasteiger partial charge in [0.25, 0.3) is 5.91 Å². The summed E-state index contributed by atoms with van der Waals surface area (Å²) in [6.07, 6.45) is 0.883. The second-order valence-electron chi connectivity index (χ2n) is 5.35. The third kappa shape index (κ3) is 3.53. The lowest BCUT2D eigenvalue weighted by molar-refractivity contribution is 0.0606. The highest BCUT2D eigenvalue weighted by Crippen LogP contribution is 2.26. The molecule has 3 rings (SSSR count). The van der Waals surface area contributed by atoms with Crippen LogP contribution in [0.5, 0.6) is 5.75 Å². The molecule has 1 atom stereocenters. The van der Waals surface area contributed by atoms with Crippen LogP contribution in [0.1, 0.15) is 24.9 Å². The number of methoxy groups -OCH3 is 1. The molecule has 120 valence electrons. The van der Waals surface area contributed by atoms with E-state index in [0.717, 1.165) is 23.5 Å². The van der Waals surface area contributed by atoms with E-state index >= 15 is 0 Å². The van der Waals surface area contributed by atoms with E-state index in [1.165, 1.54) is 12.7 Å². The zero-order valence-corrected chi connectivity index (χ0v) is 13.5. The van der Waals surface area contributed by atoms with Crippen molar-refractivity contribution < 1.29 is 19.1 Å². The maximum atomic E-state index is 12.2. The van der Waals surface area contributed by atoms with Crippen molar-refractivity contribution in [1.29, 1.82) is 0 Å². The molecule has 1 aromatic carbocycles. The smallest absolute Gasteiger partial charge is 0.348 e. The number of carbonyl (C=O) groups is 2. The molecule has 0 radical (unpaired) electrons. The molecule has 1 unspecified atom stereocenters. The summed E-state index contributed by atoms with van der Waals surface area (Å²) in [5.74, 6) is 0.570.